The Balaban J connectivity index is 2.21. The maximum atomic E-state index is 13.3. The molecule has 1 aromatic carbocycles. The van der Waals surface area contributed by atoms with Crippen molar-refractivity contribution in [2.24, 2.45) is 0 Å². The molecule has 1 atom stereocenters. The number of benzene rings is 1. The predicted molar refractivity (Wildman–Crippen MR) is 94.0 cm³/mol. The summed E-state index contributed by atoms with van der Waals surface area (Å²) in [5, 5.41) is 4.20. The number of rotatable bonds is 7. The Kier molecular flexibility index (Phi) is 5.94. The maximum Gasteiger partial charge on any atom is 0.274 e. The van der Waals surface area contributed by atoms with Crippen LogP contribution < -0.4 is 0 Å². The van der Waals surface area contributed by atoms with E-state index in [4.69, 9.17) is 0 Å². The molecule has 0 aliphatic heterocycles. The van der Waals surface area contributed by atoms with E-state index in [0.717, 1.165) is 0 Å². The van der Waals surface area contributed by atoms with E-state index in [9.17, 15) is 17.6 Å². The van der Waals surface area contributed by atoms with E-state index in [0.29, 0.717) is 12.2 Å². The summed E-state index contributed by atoms with van der Waals surface area (Å²) in [6.07, 6.45) is 1.57. The average molecular weight is 367 g/mol. The lowest BCUT2D eigenvalue weighted by Crippen LogP contribution is -2.42. The number of halogens is 1. The minimum Gasteiger partial charge on any atom is -0.334 e. The van der Waals surface area contributed by atoms with Crippen molar-refractivity contribution < 1.29 is 17.6 Å². The van der Waals surface area contributed by atoms with Crippen LogP contribution in [0.15, 0.2) is 36.5 Å². The van der Waals surface area contributed by atoms with Crippen LogP contribution in [0.1, 0.15) is 31.3 Å². The Morgan fingerprint density at radius 3 is 2.64 bits per heavy atom. The molecule has 1 unspecified atom stereocenters. The Morgan fingerprint density at radius 1 is 1.32 bits per heavy atom. The molecule has 1 amide bonds. The molecule has 0 aliphatic carbocycles. The number of hydrogen-bond acceptors (Lipinski definition) is 4. The lowest BCUT2D eigenvalue weighted by molar-refractivity contribution is 0.0712. The Hall–Kier alpha value is -2.22. The van der Waals surface area contributed by atoms with Gasteiger partial charge < -0.3 is 4.90 Å². The SMILES string of the molecule is CCN(C(=O)c1ccn(-c2cccc(F)c2)n1)C(C)CS(=O)(=O)CC. The normalized spacial score (nSPS) is 12.8. The topological polar surface area (TPSA) is 72.3 Å². The monoisotopic (exact) mass is 367 g/mol. The van der Waals surface area contributed by atoms with Crippen LogP contribution in [0.5, 0.6) is 0 Å². The second kappa shape index (κ2) is 7.77. The minimum atomic E-state index is -3.19. The number of aromatic nitrogens is 2. The first kappa shape index (κ1) is 19.1. The summed E-state index contributed by atoms with van der Waals surface area (Å²) in [4.78, 5) is 14.2. The molecule has 0 saturated carbocycles. The molecule has 8 heteroatoms. The lowest BCUT2D eigenvalue weighted by atomic mass is 10.2. The molecule has 2 rings (SSSR count). The fourth-order valence-corrected chi connectivity index (χ4v) is 3.73. The van der Waals surface area contributed by atoms with Gasteiger partial charge in [0.1, 0.15) is 5.82 Å². The molecule has 1 heterocycles. The van der Waals surface area contributed by atoms with Crippen LogP contribution in [0.2, 0.25) is 0 Å². The van der Waals surface area contributed by atoms with Crippen LogP contribution in [0.4, 0.5) is 4.39 Å². The van der Waals surface area contributed by atoms with Crippen LogP contribution in [0, 0.1) is 5.82 Å². The van der Waals surface area contributed by atoms with E-state index < -0.39 is 21.7 Å². The molecule has 0 spiro atoms. The molecule has 2 aromatic rings. The third kappa shape index (κ3) is 4.66. The predicted octanol–water partition coefficient (Wildman–Crippen LogP) is 2.30. The minimum absolute atomic E-state index is 0.0390. The number of hydrogen-bond donors (Lipinski definition) is 0. The van der Waals surface area contributed by atoms with Gasteiger partial charge in [-0.3, -0.25) is 4.79 Å². The van der Waals surface area contributed by atoms with Crippen molar-refractivity contribution >= 4 is 15.7 Å². The van der Waals surface area contributed by atoms with Gasteiger partial charge in [-0.1, -0.05) is 13.0 Å². The van der Waals surface area contributed by atoms with E-state index in [-0.39, 0.29) is 23.1 Å². The number of carbonyl (C=O) groups excluding carboxylic acids is 1. The summed E-state index contributed by atoms with van der Waals surface area (Å²) in [6, 6.07) is 6.96. The number of nitrogens with zero attached hydrogens (tertiary/aromatic N) is 3. The van der Waals surface area contributed by atoms with Crippen molar-refractivity contribution in [2.75, 3.05) is 18.1 Å². The second-order valence-electron chi connectivity index (χ2n) is 5.76. The molecular formula is C17H22FN3O3S. The van der Waals surface area contributed by atoms with Crippen LogP contribution in [0.3, 0.4) is 0 Å². The Labute approximate surface area is 147 Å². The Morgan fingerprint density at radius 2 is 2.04 bits per heavy atom. The first-order valence-electron chi connectivity index (χ1n) is 8.10. The number of amides is 1. The van der Waals surface area contributed by atoms with Gasteiger partial charge in [-0.15, -0.1) is 0 Å². The quantitative estimate of drug-likeness (QED) is 0.753. The second-order valence-corrected chi connectivity index (χ2v) is 8.16. The van der Waals surface area contributed by atoms with E-state index in [1.54, 1.807) is 39.1 Å². The highest BCUT2D eigenvalue weighted by atomic mass is 32.2. The molecule has 25 heavy (non-hydrogen) atoms. The van der Waals surface area contributed by atoms with Gasteiger partial charge in [-0.2, -0.15) is 5.10 Å². The zero-order valence-corrected chi connectivity index (χ0v) is 15.3. The highest BCUT2D eigenvalue weighted by Crippen LogP contribution is 2.13. The van der Waals surface area contributed by atoms with E-state index in [1.165, 1.54) is 27.8 Å². The van der Waals surface area contributed by atoms with Crippen LogP contribution in [0.25, 0.3) is 5.69 Å². The third-order valence-corrected chi connectivity index (χ3v) is 5.82. The smallest absolute Gasteiger partial charge is 0.274 e. The zero-order valence-electron chi connectivity index (χ0n) is 14.5. The molecule has 0 N–H and O–H groups in total. The Bertz CT molecular complexity index is 848. The van der Waals surface area contributed by atoms with Gasteiger partial charge in [-0.25, -0.2) is 17.5 Å². The standard InChI is InChI=1S/C17H22FN3O3S/c1-4-20(13(3)12-25(23,24)5-2)17(22)16-9-10-21(19-16)15-8-6-7-14(18)11-15/h6-11,13H,4-5,12H2,1-3H3. The molecule has 0 fully saturated rings. The van der Waals surface area contributed by atoms with Gasteiger partial charge in [-0.05, 0) is 38.1 Å². The van der Waals surface area contributed by atoms with Gasteiger partial charge >= 0.3 is 0 Å². The third-order valence-electron chi connectivity index (χ3n) is 3.95. The van der Waals surface area contributed by atoms with Crippen molar-refractivity contribution in [2.45, 2.75) is 26.8 Å². The van der Waals surface area contributed by atoms with Gasteiger partial charge in [0.25, 0.3) is 5.91 Å². The fraction of sp³-hybridized carbons (Fsp3) is 0.412. The van der Waals surface area contributed by atoms with Gasteiger partial charge in [0.05, 0.1) is 11.4 Å². The van der Waals surface area contributed by atoms with Crippen LogP contribution >= 0.6 is 0 Å². The average Bonchev–Trinajstić information content (AvgIpc) is 3.05. The lowest BCUT2D eigenvalue weighted by Gasteiger charge is -2.27. The summed E-state index contributed by atoms with van der Waals surface area (Å²) in [5.74, 6) is -0.795. The molecule has 1 aromatic heterocycles. The zero-order chi connectivity index (χ0) is 18.6. The van der Waals surface area contributed by atoms with Gasteiger partial charge in [0.15, 0.2) is 15.5 Å². The molecule has 136 valence electrons. The molecule has 0 radical (unpaired) electrons. The summed E-state index contributed by atoms with van der Waals surface area (Å²) in [5.41, 5.74) is 0.690. The van der Waals surface area contributed by atoms with E-state index in [1.807, 2.05) is 0 Å². The highest BCUT2D eigenvalue weighted by molar-refractivity contribution is 7.91. The largest absolute Gasteiger partial charge is 0.334 e. The molecular weight excluding hydrogens is 345 g/mol. The van der Waals surface area contributed by atoms with E-state index in [2.05, 4.69) is 5.10 Å². The van der Waals surface area contributed by atoms with Gasteiger partial charge in [0.2, 0.25) is 0 Å². The van der Waals surface area contributed by atoms with Crippen molar-refractivity contribution in [3.8, 4) is 5.69 Å². The fourth-order valence-electron chi connectivity index (χ4n) is 2.58. The molecule has 0 aliphatic rings. The van der Waals surface area contributed by atoms with E-state index >= 15 is 0 Å². The van der Waals surface area contributed by atoms with Crippen molar-refractivity contribution in [3.63, 3.8) is 0 Å². The summed E-state index contributed by atoms with van der Waals surface area (Å²) < 4.78 is 38.4. The maximum absolute atomic E-state index is 13.3. The van der Waals surface area contributed by atoms with Crippen LogP contribution in [-0.2, 0) is 9.84 Å². The number of carbonyl (C=O) groups is 1. The first-order valence-corrected chi connectivity index (χ1v) is 9.92. The highest BCUT2D eigenvalue weighted by Gasteiger charge is 2.25. The van der Waals surface area contributed by atoms with Crippen molar-refractivity contribution in [1.82, 2.24) is 14.7 Å². The van der Waals surface area contributed by atoms with Crippen molar-refractivity contribution in [1.29, 1.82) is 0 Å². The molecule has 6 nitrogen and oxygen atoms in total. The van der Waals surface area contributed by atoms with Crippen LogP contribution in [-0.4, -0.2) is 53.1 Å². The van der Waals surface area contributed by atoms with Crippen molar-refractivity contribution in [3.05, 3.63) is 48.0 Å². The molecule has 0 saturated heterocycles. The summed E-state index contributed by atoms with van der Waals surface area (Å²) >= 11 is 0. The first-order chi connectivity index (χ1) is 11.8. The van der Waals surface area contributed by atoms with Gasteiger partial charge in [0, 0.05) is 24.5 Å². The summed E-state index contributed by atoms with van der Waals surface area (Å²) in [7, 11) is -3.19. The molecule has 0 bridgehead atoms. The number of sulfone groups is 1. The summed E-state index contributed by atoms with van der Waals surface area (Å²) in [6.45, 7) is 5.45.